The Hall–Kier alpha value is -1.16. The van der Waals surface area contributed by atoms with E-state index < -0.39 is 5.60 Å². The molecular formula is C23H34O4. The third-order valence-electron chi connectivity index (χ3n) is 9.13. The summed E-state index contributed by atoms with van der Waals surface area (Å²) in [5.74, 6) is 1.36. The van der Waals surface area contributed by atoms with Crippen LogP contribution in [-0.2, 0) is 14.3 Å². The Morgan fingerprint density at radius 3 is 2.44 bits per heavy atom. The number of ether oxygens (including phenoxy) is 1. The Balaban J connectivity index is 1.61. The summed E-state index contributed by atoms with van der Waals surface area (Å²) < 4.78 is 5.51. The van der Waals surface area contributed by atoms with Crippen LogP contribution in [0.25, 0.3) is 0 Å². The fraction of sp³-hybridized carbons (Fsp3) is 0.826. The highest BCUT2D eigenvalue weighted by atomic mass is 16.5. The van der Waals surface area contributed by atoms with Crippen LogP contribution in [0.15, 0.2) is 11.6 Å². The summed E-state index contributed by atoms with van der Waals surface area (Å²) in [5.41, 5.74) is 0.235. The molecule has 0 aromatic heterocycles. The van der Waals surface area contributed by atoms with Gasteiger partial charge in [-0.05, 0) is 75.0 Å². The Kier molecular flexibility index (Phi) is 4.38. The molecule has 0 radical (unpaired) electrons. The highest BCUT2D eigenvalue weighted by Crippen LogP contribution is 2.67. The summed E-state index contributed by atoms with van der Waals surface area (Å²) in [5, 5.41) is 11.2. The normalized spacial score (nSPS) is 48.7. The standard InChI is InChI=1S/C23H34O4/c1-14(24)23(26)12-9-20-18-6-5-16-13-17(27-15(2)25)7-10-21(16,3)19(18)8-11-22(20,23)4/h5,17-20,26H,6-13H2,1-4H3/t17-,18-,19+,20+,21-,22+,23+/m0/s1. The molecule has 4 aliphatic carbocycles. The molecule has 4 nitrogen and oxygen atoms in total. The average Bonchev–Trinajstić information content (AvgIpc) is 2.87. The lowest BCUT2D eigenvalue weighted by Gasteiger charge is -2.58. The lowest BCUT2D eigenvalue weighted by Crippen LogP contribution is -2.57. The second-order valence-corrected chi connectivity index (χ2v) is 10.1. The maximum atomic E-state index is 12.3. The van der Waals surface area contributed by atoms with E-state index in [1.54, 1.807) is 6.92 Å². The summed E-state index contributed by atoms with van der Waals surface area (Å²) in [6, 6.07) is 0. The van der Waals surface area contributed by atoms with Gasteiger partial charge in [0.2, 0.25) is 0 Å². The van der Waals surface area contributed by atoms with Crippen LogP contribution in [0.5, 0.6) is 0 Å². The second kappa shape index (κ2) is 6.17. The molecule has 4 heteroatoms. The number of ketones is 1. The molecule has 150 valence electrons. The first-order chi connectivity index (χ1) is 12.6. The van der Waals surface area contributed by atoms with E-state index in [1.165, 1.54) is 12.5 Å². The first-order valence-electron chi connectivity index (χ1n) is 10.7. The zero-order chi connectivity index (χ0) is 19.6. The second-order valence-electron chi connectivity index (χ2n) is 10.1. The summed E-state index contributed by atoms with van der Waals surface area (Å²) in [4.78, 5) is 23.7. The van der Waals surface area contributed by atoms with E-state index in [2.05, 4.69) is 19.9 Å². The third-order valence-corrected chi connectivity index (χ3v) is 9.13. The molecular weight excluding hydrogens is 340 g/mol. The zero-order valence-corrected chi connectivity index (χ0v) is 17.2. The SMILES string of the molecule is CC(=O)O[C@H]1CC[C@@]2(C)C(=CC[C@H]3[C@H]2CC[C@]2(C)[C@@H]3CC[C@@]2(O)C(C)=O)C1. The first kappa shape index (κ1) is 19.2. The lowest BCUT2D eigenvalue weighted by molar-refractivity contribution is -0.160. The van der Waals surface area contributed by atoms with E-state index in [4.69, 9.17) is 4.74 Å². The van der Waals surface area contributed by atoms with Crippen LogP contribution >= 0.6 is 0 Å². The summed E-state index contributed by atoms with van der Waals surface area (Å²) >= 11 is 0. The number of hydrogen-bond donors (Lipinski definition) is 1. The highest BCUT2D eigenvalue weighted by molar-refractivity contribution is 5.86. The predicted octanol–water partition coefficient (Wildman–Crippen LogP) is 4.20. The van der Waals surface area contributed by atoms with Gasteiger partial charge in [0.1, 0.15) is 11.7 Å². The van der Waals surface area contributed by atoms with Gasteiger partial charge in [0.05, 0.1) is 0 Å². The van der Waals surface area contributed by atoms with Crippen LogP contribution in [0.4, 0.5) is 0 Å². The molecule has 3 saturated carbocycles. The molecule has 0 heterocycles. The van der Waals surface area contributed by atoms with Crippen LogP contribution in [-0.4, -0.2) is 28.6 Å². The van der Waals surface area contributed by atoms with Gasteiger partial charge in [-0.1, -0.05) is 25.5 Å². The fourth-order valence-corrected chi connectivity index (χ4v) is 7.56. The van der Waals surface area contributed by atoms with Gasteiger partial charge in [0, 0.05) is 18.8 Å². The van der Waals surface area contributed by atoms with Gasteiger partial charge >= 0.3 is 5.97 Å². The number of hydrogen-bond acceptors (Lipinski definition) is 4. The van der Waals surface area contributed by atoms with E-state index in [9.17, 15) is 14.7 Å². The van der Waals surface area contributed by atoms with Crippen molar-refractivity contribution in [2.45, 2.75) is 90.8 Å². The van der Waals surface area contributed by atoms with Gasteiger partial charge in [-0.25, -0.2) is 0 Å². The van der Waals surface area contributed by atoms with Crippen LogP contribution in [0.3, 0.4) is 0 Å². The van der Waals surface area contributed by atoms with Crippen LogP contribution < -0.4 is 0 Å². The molecule has 7 atom stereocenters. The van der Waals surface area contributed by atoms with Gasteiger partial charge in [-0.2, -0.15) is 0 Å². The zero-order valence-electron chi connectivity index (χ0n) is 17.2. The van der Waals surface area contributed by atoms with Crippen molar-refractivity contribution in [1.82, 2.24) is 0 Å². The van der Waals surface area contributed by atoms with Crippen molar-refractivity contribution >= 4 is 11.8 Å². The number of esters is 1. The minimum absolute atomic E-state index is 0.0292. The first-order valence-corrected chi connectivity index (χ1v) is 10.7. The van der Waals surface area contributed by atoms with Crippen molar-refractivity contribution in [3.8, 4) is 0 Å². The van der Waals surface area contributed by atoms with Gasteiger partial charge in [0.25, 0.3) is 0 Å². The van der Waals surface area contributed by atoms with E-state index in [0.29, 0.717) is 24.2 Å². The molecule has 0 amide bonds. The van der Waals surface area contributed by atoms with Crippen LogP contribution in [0.1, 0.15) is 79.1 Å². The van der Waals surface area contributed by atoms with Crippen molar-refractivity contribution in [2.75, 3.05) is 0 Å². The molecule has 0 aromatic carbocycles. The van der Waals surface area contributed by atoms with Gasteiger partial charge in [-0.15, -0.1) is 0 Å². The maximum absolute atomic E-state index is 12.3. The average molecular weight is 375 g/mol. The number of carbonyl (C=O) groups is 2. The minimum atomic E-state index is -1.14. The predicted molar refractivity (Wildman–Crippen MR) is 103 cm³/mol. The largest absolute Gasteiger partial charge is 0.462 e. The van der Waals surface area contributed by atoms with Crippen molar-refractivity contribution in [3.05, 3.63) is 11.6 Å². The van der Waals surface area contributed by atoms with Gasteiger partial charge in [-0.3, -0.25) is 9.59 Å². The Bertz CT molecular complexity index is 696. The van der Waals surface area contributed by atoms with E-state index in [0.717, 1.165) is 44.9 Å². The van der Waals surface area contributed by atoms with Gasteiger partial charge < -0.3 is 9.84 Å². The van der Waals surface area contributed by atoms with Crippen LogP contribution in [0.2, 0.25) is 0 Å². The number of allylic oxidation sites excluding steroid dienone is 1. The summed E-state index contributed by atoms with van der Waals surface area (Å²) in [6.45, 7) is 7.64. The smallest absolute Gasteiger partial charge is 0.302 e. The fourth-order valence-electron chi connectivity index (χ4n) is 7.56. The van der Waals surface area contributed by atoms with E-state index in [-0.39, 0.29) is 28.7 Å². The van der Waals surface area contributed by atoms with Crippen molar-refractivity contribution in [1.29, 1.82) is 0 Å². The molecule has 0 saturated heterocycles. The molecule has 0 spiro atoms. The molecule has 27 heavy (non-hydrogen) atoms. The Labute approximate surface area is 162 Å². The molecule has 0 aliphatic heterocycles. The Morgan fingerprint density at radius 2 is 1.78 bits per heavy atom. The third kappa shape index (κ3) is 2.58. The van der Waals surface area contributed by atoms with Crippen molar-refractivity contribution < 1.29 is 19.4 Å². The highest BCUT2D eigenvalue weighted by Gasteiger charge is 2.65. The minimum Gasteiger partial charge on any atom is -0.462 e. The molecule has 4 rings (SSSR count). The van der Waals surface area contributed by atoms with Crippen molar-refractivity contribution in [3.63, 3.8) is 0 Å². The van der Waals surface area contributed by atoms with Crippen molar-refractivity contribution in [2.24, 2.45) is 28.6 Å². The molecule has 4 aliphatic rings. The number of carbonyl (C=O) groups excluding carboxylic acids is 2. The topological polar surface area (TPSA) is 63.6 Å². The molecule has 1 N–H and O–H groups in total. The number of fused-ring (bicyclic) bond motifs is 5. The molecule has 0 unspecified atom stereocenters. The summed E-state index contributed by atoms with van der Waals surface area (Å²) in [6.07, 6.45) is 9.96. The number of Topliss-reactive ketones (excluding diaryl/α,β-unsaturated/α-hetero) is 1. The summed E-state index contributed by atoms with van der Waals surface area (Å²) in [7, 11) is 0. The van der Waals surface area contributed by atoms with Gasteiger partial charge in [0.15, 0.2) is 5.78 Å². The quantitative estimate of drug-likeness (QED) is 0.581. The Morgan fingerprint density at radius 1 is 1.07 bits per heavy atom. The molecule has 0 aromatic rings. The van der Waals surface area contributed by atoms with Crippen LogP contribution in [0, 0.1) is 28.6 Å². The maximum Gasteiger partial charge on any atom is 0.302 e. The van der Waals surface area contributed by atoms with E-state index in [1.807, 2.05) is 0 Å². The number of aliphatic hydroxyl groups is 1. The molecule has 3 fully saturated rings. The number of rotatable bonds is 2. The van der Waals surface area contributed by atoms with E-state index >= 15 is 0 Å². The molecule has 0 bridgehead atoms. The monoisotopic (exact) mass is 374 g/mol. The lowest BCUT2D eigenvalue weighted by atomic mass is 9.47.